The van der Waals surface area contributed by atoms with E-state index in [1.54, 1.807) is 13.0 Å². The molecule has 0 aliphatic rings. The van der Waals surface area contributed by atoms with Crippen LogP contribution in [-0.2, 0) is 4.74 Å². The number of H-pyrrole nitrogens is 1. The summed E-state index contributed by atoms with van der Waals surface area (Å²) >= 11 is 2.01. The van der Waals surface area contributed by atoms with Gasteiger partial charge in [-0.1, -0.05) is 0 Å². The van der Waals surface area contributed by atoms with Crippen molar-refractivity contribution in [1.82, 2.24) is 4.98 Å². The first kappa shape index (κ1) is 11.4. The number of hydrogen-bond donors (Lipinski definition) is 1. The second-order valence-electron chi connectivity index (χ2n) is 3.22. The highest BCUT2D eigenvalue weighted by Crippen LogP contribution is 2.25. The van der Waals surface area contributed by atoms with Gasteiger partial charge in [-0.25, -0.2) is 9.18 Å². The number of benzene rings is 1. The van der Waals surface area contributed by atoms with Crippen LogP contribution in [0.5, 0.6) is 0 Å². The number of halogens is 2. The van der Waals surface area contributed by atoms with E-state index in [0.717, 1.165) is 5.52 Å². The molecule has 0 saturated heterocycles. The maximum Gasteiger partial charge on any atom is 0.355 e. The van der Waals surface area contributed by atoms with E-state index in [1.165, 1.54) is 12.1 Å². The molecule has 5 heteroatoms. The van der Waals surface area contributed by atoms with Crippen molar-refractivity contribution in [1.29, 1.82) is 0 Å². The Hall–Kier alpha value is -1.11. The molecule has 0 unspecified atom stereocenters. The molecule has 84 valence electrons. The Balaban J connectivity index is 2.56. The Bertz CT molecular complexity index is 550. The van der Waals surface area contributed by atoms with Crippen molar-refractivity contribution in [3.63, 3.8) is 0 Å². The number of ether oxygens (including phenoxy) is 1. The Labute approximate surface area is 105 Å². The molecule has 16 heavy (non-hydrogen) atoms. The van der Waals surface area contributed by atoms with Crippen molar-refractivity contribution >= 4 is 39.5 Å². The predicted octanol–water partition coefficient (Wildman–Crippen LogP) is 3.09. The van der Waals surface area contributed by atoms with Gasteiger partial charge in [-0.05, 0) is 47.7 Å². The smallest absolute Gasteiger partial charge is 0.355 e. The lowest BCUT2D eigenvalue weighted by Crippen LogP contribution is -2.06. The normalized spacial score (nSPS) is 10.7. The van der Waals surface area contributed by atoms with Crippen LogP contribution in [0.25, 0.3) is 10.9 Å². The third-order valence-electron chi connectivity index (χ3n) is 2.18. The zero-order chi connectivity index (χ0) is 11.7. The van der Waals surface area contributed by atoms with Gasteiger partial charge in [-0.15, -0.1) is 0 Å². The largest absolute Gasteiger partial charge is 0.461 e. The lowest BCUT2D eigenvalue weighted by molar-refractivity contribution is 0.0519. The molecule has 2 aromatic rings. The fourth-order valence-corrected chi connectivity index (χ4v) is 2.28. The zero-order valence-electron chi connectivity index (χ0n) is 8.51. The number of nitrogens with one attached hydrogen (secondary N) is 1. The molecule has 1 heterocycles. The van der Waals surface area contributed by atoms with E-state index in [-0.39, 0.29) is 5.82 Å². The summed E-state index contributed by atoms with van der Waals surface area (Å²) in [6, 6.07) is 4.36. The standard InChI is InChI=1S/C11H9FINO2/c1-2-16-11(15)10-9(13)7-5-6(12)3-4-8(7)14-10/h3-5,14H,2H2,1H3. The Kier molecular flexibility index (Phi) is 3.13. The zero-order valence-corrected chi connectivity index (χ0v) is 10.7. The summed E-state index contributed by atoms with van der Waals surface area (Å²) in [7, 11) is 0. The molecule has 3 nitrogen and oxygen atoms in total. The van der Waals surface area contributed by atoms with Crippen LogP contribution in [0, 0.1) is 9.39 Å². The van der Waals surface area contributed by atoms with Gasteiger partial charge in [0.2, 0.25) is 0 Å². The molecule has 2 rings (SSSR count). The first-order chi connectivity index (χ1) is 7.63. The second kappa shape index (κ2) is 4.40. The van der Waals surface area contributed by atoms with Gasteiger partial charge >= 0.3 is 5.97 Å². The number of aromatic amines is 1. The lowest BCUT2D eigenvalue weighted by Gasteiger charge is -1.98. The molecule has 0 fully saturated rings. The maximum absolute atomic E-state index is 13.0. The molecular formula is C11H9FINO2. The highest BCUT2D eigenvalue weighted by Gasteiger charge is 2.16. The van der Waals surface area contributed by atoms with Crippen molar-refractivity contribution < 1.29 is 13.9 Å². The van der Waals surface area contributed by atoms with Gasteiger partial charge in [0.15, 0.2) is 0 Å². The number of carbonyl (C=O) groups is 1. The molecule has 0 amide bonds. The molecule has 1 aromatic carbocycles. The number of rotatable bonds is 2. The number of carbonyl (C=O) groups excluding carboxylic acids is 1. The van der Waals surface area contributed by atoms with Gasteiger partial charge in [-0.2, -0.15) is 0 Å². The Morgan fingerprint density at radius 3 is 3.00 bits per heavy atom. The average Bonchev–Trinajstić information content (AvgIpc) is 2.57. The third kappa shape index (κ3) is 1.91. The summed E-state index contributed by atoms with van der Waals surface area (Å²) in [6.07, 6.45) is 0. The van der Waals surface area contributed by atoms with Crippen LogP contribution < -0.4 is 0 Å². The van der Waals surface area contributed by atoms with Crippen molar-refractivity contribution in [3.8, 4) is 0 Å². The van der Waals surface area contributed by atoms with Crippen molar-refractivity contribution in [3.05, 3.63) is 33.3 Å². The number of fused-ring (bicyclic) bond motifs is 1. The monoisotopic (exact) mass is 333 g/mol. The molecule has 0 aliphatic heterocycles. The molecule has 0 bridgehead atoms. The summed E-state index contributed by atoms with van der Waals surface area (Å²) in [6.45, 7) is 2.06. The van der Waals surface area contributed by atoms with Gasteiger partial charge in [0.05, 0.1) is 10.2 Å². The topological polar surface area (TPSA) is 42.1 Å². The van der Waals surface area contributed by atoms with Gasteiger partial charge in [0, 0.05) is 10.9 Å². The molecule has 1 N–H and O–H groups in total. The van der Waals surface area contributed by atoms with Crippen LogP contribution in [0.4, 0.5) is 4.39 Å². The minimum atomic E-state index is -0.413. The first-order valence-corrected chi connectivity index (χ1v) is 5.85. The predicted molar refractivity (Wildman–Crippen MR) is 66.9 cm³/mol. The summed E-state index contributed by atoms with van der Waals surface area (Å²) in [4.78, 5) is 14.5. The van der Waals surface area contributed by atoms with Gasteiger partial charge in [0.25, 0.3) is 0 Å². The summed E-state index contributed by atoms with van der Waals surface area (Å²) < 4.78 is 18.6. The molecular weight excluding hydrogens is 324 g/mol. The molecule has 0 spiro atoms. The highest BCUT2D eigenvalue weighted by molar-refractivity contribution is 14.1. The van der Waals surface area contributed by atoms with Crippen molar-refractivity contribution in [2.24, 2.45) is 0 Å². The molecule has 0 aliphatic carbocycles. The number of hydrogen-bond acceptors (Lipinski definition) is 2. The molecule has 0 radical (unpaired) electrons. The van der Waals surface area contributed by atoms with Crippen molar-refractivity contribution in [2.75, 3.05) is 6.61 Å². The van der Waals surface area contributed by atoms with Crippen LogP contribution >= 0.6 is 22.6 Å². The summed E-state index contributed by atoms with van der Waals surface area (Å²) in [5.41, 5.74) is 1.11. The second-order valence-corrected chi connectivity index (χ2v) is 4.30. The maximum atomic E-state index is 13.0. The minimum absolute atomic E-state index is 0.318. The summed E-state index contributed by atoms with van der Waals surface area (Å²) in [5.74, 6) is -0.733. The lowest BCUT2D eigenvalue weighted by atomic mass is 10.2. The van der Waals surface area contributed by atoms with E-state index >= 15 is 0 Å². The van der Waals surface area contributed by atoms with Crippen molar-refractivity contribution in [2.45, 2.75) is 6.92 Å². The van der Waals surface area contributed by atoms with Crippen LogP contribution in [0.3, 0.4) is 0 Å². The average molecular weight is 333 g/mol. The quantitative estimate of drug-likeness (QED) is 0.678. The van der Waals surface area contributed by atoms with Crippen LogP contribution in [-0.4, -0.2) is 17.6 Å². The van der Waals surface area contributed by atoms with Crippen LogP contribution in [0.1, 0.15) is 17.4 Å². The van der Waals surface area contributed by atoms with E-state index in [2.05, 4.69) is 4.98 Å². The van der Waals surface area contributed by atoms with E-state index in [0.29, 0.717) is 21.3 Å². The van der Waals surface area contributed by atoms with Gasteiger partial charge in [0.1, 0.15) is 11.5 Å². The highest BCUT2D eigenvalue weighted by atomic mass is 127. The SMILES string of the molecule is CCOC(=O)c1[nH]c2ccc(F)cc2c1I. The first-order valence-electron chi connectivity index (χ1n) is 4.77. The van der Waals surface area contributed by atoms with E-state index in [4.69, 9.17) is 4.74 Å². The molecule has 0 saturated carbocycles. The Morgan fingerprint density at radius 1 is 1.56 bits per heavy atom. The van der Waals surface area contributed by atoms with E-state index < -0.39 is 5.97 Å². The van der Waals surface area contributed by atoms with Crippen LogP contribution in [0.2, 0.25) is 0 Å². The summed E-state index contributed by atoms with van der Waals surface area (Å²) in [5, 5.41) is 0.698. The third-order valence-corrected chi connectivity index (χ3v) is 3.30. The van der Waals surface area contributed by atoms with Gasteiger partial charge < -0.3 is 9.72 Å². The molecule has 1 aromatic heterocycles. The minimum Gasteiger partial charge on any atom is -0.461 e. The number of aromatic nitrogens is 1. The molecule has 0 atom stereocenters. The van der Waals surface area contributed by atoms with Crippen LogP contribution in [0.15, 0.2) is 18.2 Å². The van der Waals surface area contributed by atoms with Gasteiger partial charge in [-0.3, -0.25) is 0 Å². The van der Waals surface area contributed by atoms with E-state index in [9.17, 15) is 9.18 Å². The fraction of sp³-hybridized carbons (Fsp3) is 0.182. The Morgan fingerprint density at radius 2 is 2.31 bits per heavy atom. The fourth-order valence-electron chi connectivity index (χ4n) is 1.48. The van der Waals surface area contributed by atoms with E-state index in [1.807, 2.05) is 22.6 Å². The number of esters is 1.